The third kappa shape index (κ3) is 3.21. The number of hydrogen-bond donors (Lipinski definition) is 0. The highest BCUT2D eigenvalue weighted by atomic mass is 16.5. The number of amides is 1. The van der Waals surface area contributed by atoms with Gasteiger partial charge < -0.3 is 9.42 Å². The molecule has 4 rings (SSSR count). The normalized spacial score (nSPS) is 21.5. The molecule has 1 aromatic carbocycles. The molecule has 0 radical (unpaired) electrons. The SMILES string of the molecule is O=C(Cc1ccccc1)N1CC[C@H](c2nc(C3CCCC3)no2)C1. The van der Waals surface area contributed by atoms with Crippen molar-refractivity contribution in [2.45, 2.75) is 50.4 Å². The van der Waals surface area contributed by atoms with Crippen LogP contribution >= 0.6 is 0 Å². The Kier molecular flexibility index (Phi) is 4.32. The van der Waals surface area contributed by atoms with Crippen molar-refractivity contribution in [3.05, 3.63) is 47.6 Å². The minimum atomic E-state index is 0.180. The number of benzene rings is 1. The smallest absolute Gasteiger partial charge is 0.231 e. The van der Waals surface area contributed by atoms with Crippen molar-refractivity contribution in [3.8, 4) is 0 Å². The van der Waals surface area contributed by atoms with Gasteiger partial charge in [0.2, 0.25) is 11.8 Å². The van der Waals surface area contributed by atoms with Gasteiger partial charge in [-0.2, -0.15) is 4.98 Å². The van der Waals surface area contributed by atoms with E-state index in [1.807, 2.05) is 35.2 Å². The molecule has 126 valence electrons. The second-order valence-electron chi connectivity index (χ2n) is 6.96. The first-order chi connectivity index (χ1) is 11.8. The largest absolute Gasteiger partial charge is 0.342 e. The molecule has 1 saturated heterocycles. The van der Waals surface area contributed by atoms with E-state index in [4.69, 9.17) is 4.52 Å². The second kappa shape index (κ2) is 6.75. The summed E-state index contributed by atoms with van der Waals surface area (Å²) in [6.07, 6.45) is 6.24. The van der Waals surface area contributed by atoms with Crippen molar-refractivity contribution < 1.29 is 9.32 Å². The van der Waals surface area contributed by atoms with Gasteiger partial charge >= 0.3 is 0 Å². The predicted octanol–water partition coefficient (Wildman–Crippen LogP) is 3.29. The number of hydrogen-bond acceptors (Lipinski definition) is 4. The van der Waals surface area contributed by atoms with Gasteiger partial charge in [0.15, 0.2) is 5.82 Å². The summed E-state index contributed by atoms with van der Waals surface area (Å²) < 4.78 is 5.51. The Bertz CT molecular complexity index is 692. The van der Waals surface area contributed by atoms with E-state index in [9.17, 15) is 4.79 Å². The van der Waals surface area contributed by atoms with E-state index in [0.29, 0.717) is 24.8 Å². The first-order valence-electron chi connectivity index (χ1n) is 8.95. The topological polar surface area (TPSA) is 59.2 Å². The molecule has 5 heteroatoms. The van der Waals surface area contributed by atoms with Crippen LogP contribution in [0.3, 0.4) is 0 Å². The number of nitrogens with zero attached hydrogens (tertiary/aromatic N) is 3. The highest BCUT2D eigenvalue weighted by Crippen LogP contribution is 2.34. The summed E-state index contributed by atoms with van der Waals surface area (Å²) in [7, 11) is 0. The van der Waals surface area contributed by atoms with E-state index in [2.05, 4.69) is 10.1 Å². The molecule has 1 aromatic heterocycles. The van der Waals surface area contributed by atoms with Gasteiger partial charge in [-0.15, -0.1) is 0 Å². The van der Waals surface area contributed by atoms with Crippen LogP contribution in [0.1, 0.15) is 61.2 Å². The summed E-state index contributed by atoms with van der Waals surface area (Å²) >= 11 is 0. The maximum Gasteiger partial charge on any atom is 0.231 e. The van der Waals surface area contributed by atoms with Crippen molar-refractivity contribution in [1.29, 1.82) is 0 Å². The molecule has 2 fully saturated rings. The van der Waals surface area contributed by atoms with Gasteiger partial charge in [-0.25, -0.2) is 0 Å². The van der Waals surface area contributed by atoms with E-state index >= 15 is 0 Å². The highest BCUT2D eigenvalue weighted by molar-refractivity contribution is 5.79. The monoisotopic (exact) mass is 325 g/mol. The zero-order valence-electron chi connectivity index (χ0n) is 13.9. The Morgan fingerprint density at radius 1 is 1.12 bits per heavy atom. The highest BCUT2D eigenvalue weighted by Gasteiger charge is 2.32. The Balaban J connectivity index is 1.36. The summed E-state index contributed by atoms with van der Waals surface area (Å²) in [5.41, 5.74) is 1.06. The van der Waals surface area contributed by atoms with Gasteiger partial charge in [0.1, 0.15) is 0 Å². The molecule has 1 atom stereocenters. The number of likely N-dealkylation sites (tertiary alicyclic amines) is 1. The average Bonchev–Trinajstić information content (AvgIpc) is 3.35. The molecular formula is C19H23N3O2. The average molecular weight is 325 g/mol. The van der Waals surface area contributed by atoms with Gasteiger partial charge in [-0.1, -0.05) is 48.3 Å². The number of aromatic nitrogens is 2. The van der Waals surface area contributed by atoms with Crippen LogP contribution in [0, 0.1) is 0 Å². The van der Waals surface area contributed by atoms with Gasteiger partial charge in [-0.3, -0.25) is 4.79 Å². The van der Waals surface area contributed by atoms with E-state index in [1.54, 1.807) is 0 Å². The van der Waals surface area contributed by atoms with Crippen LogP contribution in [-0.2, 0) is 11.2 Å². The van der Waals surface area contributed by atoms with Crippen LogP contribution in [0.15, 0.2) is 34.9 Å². The molecule has 5 nitrogen and oxygen atoms in total. The van der Waals surface area contributed by atoms with Crippen molar-refractivity contribution in [1.82, 2.24) is 15.0 Å². The Labute approximate surface area is 142 Å². The maximum atomic E-state index is 12.5. The maximum absolute atomic E-state index is 12.5. The van der Waals surface area contributed by atoms with Crippen LogP contribution in [0.2, 0.25) is 0 Å². The van der Waals surface area contributed by atoms with Crippen LogP contribution in [0.25, 0.3) is 0 Å². The Hall–Kier alpha value is -2.17. The van der Waals surface area contributed by atoms with Gasteiger partial charge in [0.05, 0.1) is 12.3 Å². The summed E-state index contributed by atoms with van der Waals surface area (Å²) in [6.45, 7) is 1.47. The van der Waals surface area contributed by atoms with Gasteiger partial charge in [0, 0.05) is 19.0 Å². The summed E-state index contributed by atoms with van der Waals surface area (Å²) in [4.78, 5) is 19.0. The lowest BCUT2D eigenvalue weighted by Crippen LogP contribution is -2.29. The quantitative estimate of drug-likeness (QED) is 0.865. The molecule has 2 aromatic rings. The van der Waals surface area contributed by atoms with Crippen molar-refractivity contribution in [2.75, 3.05) is 13.1 Å². The summed E-state index contributed by atoms with van der Waals surface area (Å²) in [5, 5.41) is 4.19. The molecule has 24 heavy (non-hydrogen) atoms. The van der Waals surface area contributed by atoms with Crippen molar-refractivity contribution >= 4 is 5.91 Å². The number of rotatable bonds is 4. The molecule has 1 amide bonds. The van der Waals surface area contributed by atoms with Gasteiger partial charge in [0.25, 0.3) is 0 Å². The fourth-order valence-corrected chi connectivity index (χ4v) is 3.83. The fourth-order valence-electron chi connectivity index (χ4n) is 3.83. The van der Waals surface area contributed by atoms with Crippen LogP contribution in [0.5, 0.6) is 0 Å². The summed E-state index contributed by atoms with van der Waals surface area (Å²) in [6, 6.07) is 9.91. The van der Waals surface area contributed by atoms with Crippen molar-refractivity contribution in [3.63, 3.8) is 0 Å². The van der Waals surface area contributed by atoms with E-state index in [-0.39, 0.29) is 11.8 Å². The lowest BCUT2D eigenvalue weighted by Gasteiger charge is -2.15. The number of carbonyl (C=O) groups excluding carboxylic acids is 1. The standard InChI is InChI=1S/C19H23N3O2/c23-17(12-14-6-2-1-3-7-14)22-11-10-16(13-22)19-20-18(21-24-19)15-8-4-5-9-15/h1-3,6-7,15-16H,4-5,8-13H2/t16-/m0/s1. The first kappa shape index (κ1) is 15.4. The molecule has 0 bridgehead atoms. The summed E-state index contributed by atoms with van der Waals surface area (Å²) in [5.74, 6) is 2.43. The van der Waals surface area contributed by atoms with E-state index < -0.39 is 0 Å². The minimum Gasteiger partial charge on any atom is -0.342 e. The van der Waals surface area contributed by atoms with Crippen LogP contribution in [-0.4, -0.2) is 34.0 Å². The molecule has 0 unspecified atom stereocenters. The lowest BCUT2D eigenvalue weighted by molar-refractivity contribution is -0.129. The van der Waals surface area contributed by atoms with Crippen LogP contribution < -0.4 is 0 Å². The minimum absolute atomic E-state index is 0.180. The zero-order chi connectivity index (χ0) is 16.4. The Morgan fingerprint density at radius 2 is 1.92 bits per heavy atom. The van der Waals surface area contributed by atoms with E-state index in [1.165, 1.54) is 25.7 Å². The zero-order valence-corrected chi connectivity index (χ0v) is 13.9. The van der Waals surface area contributed by atoms with Crippen molar-refractivity contribution in [2.24, 2.45) is 0 Å². The molecule has 1 saturated carbocycles. The predicted molar refractivity (Wildman–Crippen MR) is 89.6 cm³/mol. The molecule has 1 aliphatic heterocycles. The third-order valence-electron chi connectivity index (χ3n) is 5.27. The molecule has 0 spiro atoms. The Morgan fingerprint density at radius 3 is 2.71 bits per heavy atom. The molecule has 0 N–H and O–H groups in total. The number of carbonyl (C=O) groups is 1. The van der Waals surface area contributed by atoms with Gasteiger partial charge in [-0.05, 0) is 24.8 Å². The molecule has 2 heterocycles. The first-order valence-corrected chi connectivity index (χ1v) is 8.95. The fraction of sp³-hybridized carbons (Fsp3) is 0.526. The van der Waals surface area contributed by atoms with E-state index in [0.717, 1.165) is 24.4 Å². The lowest BCUT2D eigenvalue weighted by atomic mass is 10.1. The molecular weight excluding hydrogens is 302 g/mol. The second-order valence-corrected chi connectivity index (χ2v) is 6.96. The molecule has 1 aliphatic carbocycles. The third-order valence-corrected chi connectivity index (χ3v) is 5.27. The molecule has 2 aliphatic rings. The van der Waals surface area contributed by atoms with Crippen LogP contribution in [0.4, 0.5) is 0 Å².